The van der Waals surface area contributed by atoms with Crippen molar-refractivity contribution < 1.29 is 9.90 Å². The summed E-state index contributed by atoms with van der Waals surface area (Å²) in [5.41, 5.74) is 6.29. The van der Waals surface area contributed by atoms with Crippen LogP contribution in [-0.4, -0.2) is 36.0 Å². The molecule has 0 aromatic carbocycles. The molecule has 0 saturated carbocycles. The number of nitrogens with zero attached hydrogens (tertiary/aromatic N) is 5. The number of aliphatic carboxylic acids is 1. The maximum Gasteiger partial charge on any atom is 0.305 e. The number of fused-ring (bicyclic) bond motifs is 1. The second-order valence-electron chi connectivity index (χ2n) is 8.17. The number of rotatable bonds is 9. The van der Waals surface area contributed by atoms with Gasteiger partial charge in [-0.15, -0.1) is 0 Å². The van der Waals surface area contributed by atoms with E-state index in [0.717, 1.165) is 55.6 Å². The number of carbonyl (C=O) groups is 1. The third kappa shape index (κ3) is 5.34. The Kier molecular flexibility index (Phi) is 6.70. The van der Waals surface area contributed by atoms with E-state index in [1.807, 2.05) is 31.3 Å². The molecule has 0 amide bonds. The van der Waals surface area contributed by atoms with Crippen molar-refractivity contribution in [1.29, 1.82) is 0 Å². The van der Waals surface area contributed by atoms with E-state index in [-0.39, 0.29) is 6.42 Å². The quantitative estimate of drug-likeness (QED) is 0.568. The zero-order valence-corrected chi connectivity index (χ0v) is 18.0. The van der Waals surface area contributed by atoms with E-state index in [9.17, 15) is 9.90 Å². The third-order valence-corrected chi connectivity index (χ3v) is 5.90. The Balaban J connectivity index is 1.40. The van der Waals surface area contributed by atoms with E-state index in [1.165, 1.54) is 24.1 Å². The van der Waals surface area contributed by atoms with Gasteiger partial charge in [0.15, 0.2) is 0 Å². The first-order valence-corrected chi connectivity index (χ1v) is 11.2. The Bertz CT molecular complexity index is 1030. The Hall–Kier alpha value is -3.09. The largest absolute Gasteiger partial charge is 0.481 e. The lowest BCUT2D eigenvalue weighted by molar-refractivity contribution is -0.137. The zero-order chi connectivity index (χ0) is 21.6. The van der Waals surface area contributed by atoms with E-state index in [0.29, 0.717) is 5.69 Å². The molecule has 3 heterocycles. The fourth-order valence-corrected chi connectivity index (χ4v) is 4.14. The van der Waals surface area contributed by atoms with Crippen molar-refractivity contribution in [1.82, 2.24) is 25.0 Å². The molecule has 0 aliphatic heterocycles. The van der Waals surface area contributed by atoms with E-state index >= 15 is 0 Å². The van der Waals surface area contributed by atoms with Gasteiger partial charge in [-0.1, -0.05) is 13.0 Å². The molecule has 1 N–H and O–H groups in total. The minimum Gasteiger partial charge on any atom is -0.481 e. The maximum absolute atomic E-state index is 11.4. The highest BCUT2D eigenvalue weighted by molar-refractivity contribution is 5.67. The minimum absolute atomic E-state index is 0.0830. The first-order chi connectivity index (χ1) is 15.1. The first kappa shape index (κ1) is 21.2. The van der Waals surface area contributed by atoms with E-state index in [4.69, 9.17) is 4.98 Å². The van der Waals surface area contributed by atoms with Gasteiger partial charge in [0.1, 0.15) is 6.04 Å². The van der Waals surface area contributed by atoms with Crippen LogP contribution >= 0.6 is 0 Å². The Morgan fingerprint density at radius 1 is 1.03 bits per heavy atom. The lowest BCUT2D eigenvalue weighted by atomic mass is 9.95. The molecule has 1 atom stereocenters. The van der Waals surface area contributed by atoms with Crippen molar-refractivity contribution in [3.05, 3.63) is 70.6 Å². The molecule has 3 aromatic rings. The summed E-state index contributed by atoms with van der Waals surface area (Å²) in [6, 6.07) is 9.64. The lowest BCUT2D eigenvalue weighted by Crippen LogP contribution is -2.18. The van der Waals surface area contributed by atoms with E-state index < -0.39 is 12.0 Å². The summed E-state index contributed by atoms with van der Waals surface area (Å²) >= 11 is 0. The van der Waals surface area contributed by atoms with Gasteiger partial charge in [0, 0.05) is 17.6 Å². The normalized spacial score (nSPS) is 14.2. The van der Waals surface area contributed by atoms with Gasteiger partial charge in [0.25, 0.3) is 0 Å². The summed E-state index contributed by atoms with van der Waals surface area (Å²) in [4.78, 5) is 16.3. The molecular formula is C24H29N5O2. The SMILES string of the molecule is CCc1ccc(C(CC(=O)O)n2ccc(CCCc3ccc4c(n3)CCCC4)n2)nn1. The van der Waals surface area contributed by atoms with Crippen LogP contribution in [0.5, 0.6) is 0 Å². The van der Waals surface area contributed by atoms with Gasteiger partial charge < -0.3 is 5.11 Å². The van der Waals surface area contributed by atoms with Crippen molar-refractivity contribution in [2.45, 2.75) is 70.8 Å². The number of hydrogen-bond donors (Lipinski definition) is 1. The Morgan fingerprint density at radius 3 is 2.61 bits per heavy atom. The molecule has 0 fully saturated rings. The molecule has 0 saturated heterocycles. The van der Waals surface area contributed by atoms with Crippen LogP contribution in [-0.2, 0) is 36.9 Å². The molecule has 1 aliphatic carbocycles. The predicted molar refractivity (Wildman–Crippen MR) is 117 cm³/mol. The van der Waals surface area contributed by atoms with Crippen LogP contribution in [0, 0.1) is 0 Å². The van der Waals surface area contributed by atoms with E-state index in [1.54, 1.807) is 4.68 Å². The number of aromatic nitrogens is 5. The highest BCUT2D eigenvalue weighted by Crippen LogP contribution is 2.22. The van der Waals surface area contributed by atoms with Gasteiger partial charge in [-0.3, -0.25) is 14.5 Å². The van der Waals surface area contributed by atoms with Crippen molar-refractivity contribution in [3.63, 3.8) is 0 Å². The van der Waals surface area contributed by atoms with Crippen LogP contribution in [0.15, 0.2) is 36.5 Å². The van der Waals surface area contributed by atoms with Crippen molar-refractivity contribution in [2.75, 3.05) is 0 Å². The van der Waals surface area contributed by atoms with Gasteiger partial charge in [0.2, 0.25) is 0 Å². The Labute approximate surface area is 182 Å². The number of carboxylic acid groups (broad SMARTS) is 1. The van der Waals surface area contributed by atoms with Crippen molar-refractivity contribution in [3.8, 4) is 0 Å². The second kappa shape index (κ2) is 9.81. The predicted octanol–water partition coefficient (Wildman–Crippen LogP) is 3.75. The molecular weight excluding hydrogens is 390 g/mol. The number of hydrogen-bond acceptors (Lipinski definition) is 5. The zero-order valence-electron chi connectivity index (χ0n) is 18.0. The highest BCUT2D eigenvalue weighted by atomic mass is 16.4. The fourth-order valence-electron chi connectivity index (χ4n) is 4.14. The molecule has 4 rings (SSSR count). The summed E-state index contributed by atoms with van der Waals surface area (Å²) < 4.78 is 1.70. The number of pyridine rings is 1. The van der Waals surface area contributed by atoms with Gasteiger partial charge >= 0.3 is 5.97 Å². The minimum atomic E-state index is -0.887. The van der Waals surface area contributed by atoms with Crippen LogP contribution in [0.1, 0.15) is 72.7 Å². The average molecular weight is 420 g/mol. The van der Waals surface area contributed by atoms with Crippen LogP contribution in [0.2, 0.25) is 0 Å². The van der Waals surface area contributed by atoms with Gasteiger partial charge in [0.05, 0.1) is 23.5 Å². The Morgan fingerprint density at radius 2 is 1.84 bits per heavy atom. The highest BCUT2D eigenvalue weighted by Gasteiger charge is 2.21. The summed E-state index contributed by atoms with van der Waals surface area (Å²) in [5, 5.41) is 22.4. The van der Waals surface area contributed by atoms with Crippen LogP contribution in [0.25, 0.3) is 0 Å². The lowest BCUT2D eigenvalue weighted by Gasteiger charge is -2.15. The molecule has 0 radical (unpaired) electrons. The molecule has 0 spiro atoms. The maximum atomic E-state index is 11.4. The molecule has 162 valence electrons. The molecule has 1 unspecified atom stereocenters. The molecule has 7 heteroatoms. The number of carboxylic acids is 1. The molecule has 7 nitrogen and oxygen atoms in total. The molecule has 1 aliphatic rings. The van der Waals surface area contributed by atoms with Crippen LogP contribution in [0.3, 0.4) is 0 Å². The van der Waals surface area contributed by atoms with Crippen molar-refractivity contribution in [2.24, 2.45) is 0 Å². The summed E-state index contributed by atoms with van der Waals surface area (Å²) in [5.74, 6) is -0.887. The standard InChI is InChI=1S/C24H29N5O2/c1-2-18-12-13-22(27-26-18)23(16-24(30)31)29-15-14-20(28-29)8-5-7-19-11-10-17-6-3-4-9-21(17)25-19/h10-15,23H,2-9,16H2,1H3,(H,30,31). The van der Waals surface area contributed by atoms with Crippen LogP contribution < -0.4 is 0 Å². The second-order valence-corrected chi connectivity index (χ2v) is 8.17. The fraction of sp³-hybridized carbons (Fsp3) is 0.458. The van der Waals surface area contributed by atoms with Gasteiger partial charge in [-0.25, -0.2) is 0 Å². The average Bonchev–Trinajstić information content (AvgIpc) is 3.26. The monoisotopic (exact) mass is 419 g/mol. The van der Waals surface area contributed by atoms with Crippen LogP contribution in [0.4, 0.5) is 0 Å². The molecule has 31 heavy (non-hydrogen) atoms. The molecule has 3 aromatic heterocycles. The molecule has 0 bridgehead atoms. The summed E-state index contributed by atoms with van der Waals surface area (Å²) in [7, 11) is 0. The van der Waals surface area contributed by atoms with E-state index in [2.05, 4.69) is 27.4 Å². The summed E-state index contributed by atoms with van der Waals surface area (Å²) in [6.45, 7) is 2.01. The topological polar surface area (TPSA) is 93.8 Å². The van der Waals surface area contributed by atoms with Gasteiger partial charge in [-0.05, 0) is 81.2 Å². The smallest absolute Gasteiger partial charge is 0.305 e. The summed E-state index contributed by atoms with van der Waals surface area (Å²) in [6.07, 6.45) is 10.0. The first-order valence-electron chi connectivity index (χ1n) is 11.2. The number of aryl methyl sites for hydroxylation is 5. The van der Waals surface area contributed by atoms with Gasteiger partial charge in [-0.2, -0.15) is 15.3 Å². The third-order valence-electron chi connectivity index (χ3n) is 5.90. The van der Waals surface area contributed by atoms with Crippen molar-refractivity contribution >= 4 is 5.97 Å².